The highest BCUT2D eigenvalue weighted by atomic mass is 32.2. The van der Waals surface area contributed by atoms with Gasteiger partial charge in [-0.05, 0) is 64.9 Å². The molecule has 0 saturated carbocycles. The van der Waals surface area contributed by atoms with E-state index in [2.05, 4.69) is 41.1 Å². The fraction of sp³-hybridized carbons (Fsp3) is 0.357. The maximum Gasteiger partial charge on any atom is 0.221 e. The molecular weight excluding hydrogens is 675 g/mol. The number of hydrogen-bond acceptors (Lipinski definition) is 7. The zero-order valence-corrected chi connectivity index (χ0v) is 30.9. The summed E-state index contributed by atoms with van der Waals surface area (Å²) >= 11 is 1.70. The van der Waals surface area contributed by atoms with Crippen molar-refractivity contribution in [3.05, 3.63) is 119 Å². The minimum Gasteiger partial charge on any atom is -0.392 e. The van der Waals surface area contributed by atoms with Crippen LogP contribution in [0.4, 0.5) is 5.69 Å². The van der Waals surface area contributed by atoms with E-state index in [1.54, 1.807) is 11.8 Å². The first kappa shape index (κ1) is 38.7. The Morgan fingerprint density at radius 2 is 1.48 bits per heavy atom. The van der Waals surface area contributed by atoms with E-state index in [-0.39, 0.29) is 42.5 Å². The Morgan fingerprint density at radius 3 is 2.17 bits per heavy atom. The van der Waals surface area contributed by atoms with Gasteiger partial charge in [-0.15, -0.1) is 11.8 Å². The van der Waals surface area contributed by atoms with Crippen LogP contribution < -0.4 is 16.0 Å². The van der Waals surface area contributed by atoms with Crippen LogP contribution in [-0.4, -0.2) is 41.2 Å². The van der Waals surface area contributed by atoms with Gasteiger partial charge in [0, 0.05) is 61.2 Å². The minimum absolute atomic E-state index is 0.0146. The number of ether oxygens (including phenoxy) is 2. The number of hydrogen-bond donors (Lipinski definition) is 4. The molecule has 1 fully saturated rings. The van der Waals surface area contributed by atoms with Gasteiger partial charge < -0.3 is 30.5 Å². The average molecular weight is 724 g/mol. The van der Waals surface area contributed by atoms with Crippen molar-refractivity contribution >= 4 is 35.2 Å². The van der Waals surface area contributed by atoms with Gasteiger partial charge in [-0.3, -0.25) is 14.4 Å². The number of aliphatic hydroxyl groups is 1. The van der Waals surface area contributed by atoms with Crippen LogP contribution in [0.15, 0.2) is 102 Å². The Labute approximate surface area is 310 Å². The quantitative estimate of drug-likeness (QED) is 0.0690. The highest BCUT2D eigenvalue weighted by Crippen LogP contribution is 2.43. The normalized spacial score (nSPS) is 18.4. The van der Waals surface area contributed by atoms with Crippen LogP contribution in [0, 0.1) is 5.92 Å². The molecule has 0 radical (unpaired) electrons. The fourth-order valence-electron chi connectivity index (χ4n) is 6.24. The van der Waals surface area contributed by atoms with Gasteiger partial charge in [-0.1, -0.05) is 86.1 Å². The lowest BCUT2D eigenvalue weighted by Gasteiger charge is -2.41. The van der Waals surface area contributed by atoms with E-state index in [0.717, 1.165) is 63.2 Å². The van der Waals surface area contributed by atoms with Crippen LogP contribution in [0.25, 0.3) is 11.1 Å². The van der Waals surface area contributed by atoms with E-state index >= 15 is 0 Å². The summed E-state index contributed by atoms with van der Waals surface area (Å²) in [5.41, 5.74) is 6.66. The number of rotatable bonds is 16. The molecular formula is C42H49N3O6S. The third-order valence-electron chi connectivity index (χ3n) is 9.15. The van der Waals surface area contributed by atoms with Crippen molar-refractivity contribution in [1.29, 1.82) is 0 Å². The summed E-state index contributed by atoms with van der Waals surface area (Å²) in [6.07, 6.45) is 2.04. The monoisotopic (exact) mass is 723 g/mol. The lowest BCUT2D eigenvalue weighted by molar-refractivity contribution is -0.268. The predicted octanol–water partition coefficient (Wildman–Crippen LogP) is 7.70. The molecule has 0 aliphatic carbocycles. The Kier molecular flexibility index (Phi) is 14.4. The zero-order chi connectivity index (χ0) is 36.9. The second-order valence-corrected chi connectivity index (χ2v) is 14.3. The molecule has 0 aromatic heterocycles. The molecule has 3 amide bonds. The smallest absolute Gasteiger partial charge is 0.221 e. The van der Waals surface area contributed by atoms with Gasteiger partial charge in [0.2, 0.25) is 17.7 Å². The minimum atomic E-state index is -0.590. The molecule has 4 atom stereocenters. The van der Waals surface area contributed by atoms with Crippen LogP contribution in [-0.2, 0) is 37.0 Å². The number of thioether (sulfide) groups is 1. The third-order valence-corrected chi connectivity index (χ3v) is 10.3. The molecule has 274 valence electrons. The summed E-state index contributed by atoms with van der Waals surface area (Å²) in [7, 11) is 0. The molecule has 0 spiro atoms. The Bertz CT molecular complexity index is 1760. The molecule has 4 N–H and O–H groups in total. The highest BCUT2D eigenvalue weighted by Gasteiger charge is 2.38. The molecule has 10 heteroatoms. The molecule has 1 aliphatic heterocycles. The van der Waals surface area contributed by atoms with Gasteiger partial charge in [-0.2, -0.15) is 0 Å². The number of nitrogens with one attached hydrogen (secondary N) is 3. The number of carbonyl (C=O) groups is 3. The van der Waals surface area contributed by atoms with Gasteiger partial charge in [-0.25, -0.2) is 0 Å². The maximum atomic E-state index is 12.6. The van der Waals surface area contributed by atoms with Crippen molar-refractivity contribution in [2.75, 3.05) is 17.6 Å². The fourth-order valence-corrected chi connectivity index (χ4v) is 7.30. The Morgan fingerprint density at radius 1 is 0.769 bits per heavy atom. The molecule has 1 saturated heterocycles. The number of anilines is 1. The summed E-state index contributed by atoms with van der Waals surface area (Å²) in [5, 5.41) is 18.3. The first-order chi connectivity index (χ1) is 25.2. The first-order valence-corrected chi connectivity index (χ1v) is 18.9. The van der Waals surface area contributed by atoms with Crippen LogP contribution in [0.1, 0.15) is 81.1 Å². The summed E-state index contributed by atoms with van der Waals surface area (Å²) in [5.74, 6) is 0.637. The van der Waals surface area contributed by atoms with Crippen molar-refractivity contribution in [3.63, 3.8) is 0 Å². The van der Waals surface area contributed by atoms with E-state index in [1.165, 1.54) is 13.8 Å². The first-order valence-electron chi connectivity index (χ1n) is 17.9. The van der Waals surface area contributed by atoms with Crippen molar-refractivity contribution in [2.24, 2.45) is 5.92 Å². The molecule has 52 heavy (non-hydrogen) atoms. The van der Waals surface area contributed by atoms with Crippen molar-refractivity contribution < 1.29 is 29.0 Å². The van der Waals surface area contributed by atoms with Gasteiger partial charge in [0.15, 0.2) is 6.29 Å². The largest absolute Gasteiger partial charge is 0.392 e. The number of amides is 3. The molecule has 5 rings (SSSR count). The van der Waals surface area contributed by atoms with E-state index in [0.29, 0.717) is 25.3 Å². The topological polar surface area (TPSA) is 126 Å². The summed E-state index contributed by atoms with van der Waals surface area (Å²) in [4.78, 5) is 36.1. The van der Waals surface area contributed by atoms with Crippen molar-refractivity contribution in [1.82, 2.24) is 10.6 Å². The van der Waals surface area contributed by atoms with Gasteiger partial charge in [0.1, 0.15) is 0 Å². The molecule has 0 bridgehead atoms. The lowest BCUT2D eigenvalue weighted by atomic mass is 9.91. The Balaban J connectivity index is 1.26. The third kappa shape index (κ3) is 11.3. The lowest BCUT2D eigenvalue weighted by Crippen LogP contribution is -2.38. The van der Waals surface area contributed by atoms with Crippen LogP contribution in [0.2, 0.25) is 0 Å². The maximum absolute atomic E-state index is 12.6. The van der Waals surface area contributed by atoms with Crippen LogP contribution in [0.3, 0.4) is 0 Å². The number of carbonyl (C=O) groups excluding carboxylic acids is 3. The number of benzene rings is 4. The second-order valence-electron chi connectivity index (χ2n) is 13.2. The molecule has 9 nitrogen and oxygen atoms in total. The van der Waals surface area contributed by atoms with Gasteiger partial charge in [0.25, 0.3) is 0 Å². The number of aliphatic hydroxyl groups excluding tert-OH is 1. The molecule has 1 aliphatic rings. The van der Waals surface area contributed by atoms with Crippen molar-refractivity contribution in [3.8, 4) is 11.1 Å². The van der Waals surface area contributed by atoms with Gasteiger partial charge in [0.05, 0.1) is 18.8 Å². The van der Waals surface area contributed by atoms with E-state index in [9.17, 15) is 19.5 Å². The summed E-state index contributed by atoms with van der Waals surface area (Å²) < 4.78 is 13.3. The molecule has 0 unspecified atom stereocenters. The standard InChI is InChI=1S/C42H49N3O6S/c1-28-39(27-52-37-22-20-36(21-23-37)45-30(3)48)50-42(51-41(28)33-14-12-31(26-46)13-15-33)34-18-16-32(17-19-34)38-10-7-6-9-35(38)25-44-40(49)11-5-4-8-24-43-29(2)47/h6-7,9-10,12-23,28,39,41-42,46H,4-5,8,11,24-27H2,1-3H3,(H,43,47)(H,44,49)(H,45,48)/t28-,39+,41+,42+/m0/s1. The summed E-state index contributed by atoms with van der Waals surface area (Å²) in [6.45, 7) is 6.21. The molecule has 1 heterocycles. The van der Waals surface area contributed by atoms with Crippen LogP contribution >= 0.6 is 11.8 Å². The van der Waals surface area contributed by atoms with E-state index in [1.807, 2.05) is 78.9 Å². The van der Waals surface area contributed by atoms with Crippen LogP contribution in [0.5, 0.6) is 0 Å². The second kappa shape index (κ2) is 19.4. The predicted molar refractivity (Wildman–Crippen MR) is 205 cm³/mol. The van der Waals surface area contributed by atoms with Crippen molar-refractivity contribution in [2.45, 2.75) is 83.0 Å². The van der Waals surface area contributed by atoms with Gasteiger partial charge >= 0.3 is 0 Å². The number of unbranched alkanes of at least 4 members (excludes halogenated alkanes) is 2. The van der Waals surface area contributed by atoms with E-state index in [4.69, 9.17) is 9.47 Å². The SMILES string of the molecule is CC(=O)NCCCCCC(=O)NCc1ccccc1-c1ccc([C@@H]2O[C@H](CSc3ccc(NC(C)=O)cc3)[C@H](C)[C@H](c3ccc(CO)cc3)O2)cc1. The zero-order valence-electron chi connectivity index (χ0n) is 30.1. The highest BCUT2D eigenvalue weighted by molar-refractivity contribution is 7.99. The molecule has 4 aromatic carbocycles. The average Bonchev–Trinajstić information content (AvgIpc) is 3.15. The summed E-state index contributed by atoms with van der Waals surface area (Å²) in [6, 6.07) is 32.0. The Hall–Kier alpha value is -4.48. The molecule has 4 aromatic rings. The van der Waals surface area contributed by atoms with E-state index < -0.39 is 6.29 Å².